The third-order valence-electron chi connectivity index (χ3n) is 2.84. The van der Waals surface area contributed by atoms with Crippen LogP contribution in [0.15, 0.2) is 23.6 Å². The number of hydrogen-bond donors (Lipinski definition) is 1. The molecule has 0 aliphatic carbocycles. The molecule has 2 aromatic rings. The summed E-state index contributed by atoms with van der Waals surface area (Å²) in [6.07, 6.45) is 0. The Morgan fingerprint density at radius 1 is 1.50 bits per heavy atom. The number of rotatable bonds is 5. The van der Waals surface area contributed by atoms with Crippen LogP contribution in [-0.4, -0.2) is 24.2 Å². The van der Waals surface area contributed by atoms with Gasteiger partial charge in [0.1, 0.15) is 12.4 Å². The number of fused-ring (bicyclic) bond motifs is 1. The quantitative estimate of drug-likeness (QED) is 0.508. The SMILES string of the molecule is COOCc1csc(Oc2ccc3c(c2)B(O)OC3)n1. The summed E-state index contributed by atoms with van der Waals surface area (Å²) in [6.45, 7) is 0.694. The van der Waals surface area contributed by atoms with Gasteiger partial charge in [-0.05, 0) is 23.2 Å². The zero-order valence-electron chi connectivity index (χ0n) is 10.7. The van der Waals surface area contributed by atoms with E-state index in [1.165, 1.54) is 18.4 Å². The summed E-state index contributed by atoms with van der Waals surface area (Å²) >= 11 is 1.37. The van der Waals surface area contributed by atoms with Crippen LogP contribution >= 0.6 is 11.3 Å². The smallest absolute Gasteiger partial charge is 0.431 e. The molecule has 0 fully saturated rings. The van der Waals surface area contributed by atoms with Crippen molar-refractivity contribution in [2.75, 3.05) is 7.11 Å². The van der Waals surface area contributed by atoms with Crippen LogP contribution in [0.1, 0.15) is 11.3 Å². The van der Waals surface area contributed by atoms with Crippen molar-refractivity contribution in [1.82, 2.24) is 4.98 Å². The summed E-state index contributed by atoms with van der Waals surface area (Å²) in [7, 11) is 0.567. The summed E-state index contributed by atoms with van der Waals surface area (Å²) in [5.74, 6) is 0.613. The highest BCUT2D eigenvalue weighted by atomic mass is 32.1. The van der Waals surface area contributed by atoms with Crippen LogP contribution in [0.3, 0.4) is 0 Å². The van der Waals surface area contributed by atoms with Crippen molar-refractivity contribution in [1.29, 1.82) is 0 Å². The average Bonchev–Trinajstić information content (AvgIpc) is 3.04. The molecule has 0 amide bonds. The Balaban J connectivity index is 1.71. The zero-order valence-corrected chi connectivity index (χ0v) is 11.6. The van der Waals surface area contributed by atoms with Gasteiger partial charge >= 0.3 is 7.12 Å². The van der Waals surface area contributed by atoms with Crippen LogP contribution in [0, 0.1) is 0 Å². The van der Waals surface area contributed by atoms with E-state index in [1.54, 1.807) is 6.07 Å². The van der Waals surface area contributed by atoms with Crippen LogP contribution in [-0.2, 0) is 27.6 Å². The van der Waals surface area contributed by atoms with Gasteiger partial charge in [0, 0.05) is 5.38 Å². The van der Waals surface area contributed by atoms with Crippen molar-refractivity contribution in [2.45, 2.75) is 13.2 Å². The van der Waals surface area contributed by atoms with Crippen LogP contribution in [0.2, 0.25) is 0 Å². The fourth-order valence-corrected chi connectivity index (χ4v) is 2.55. The topological polar surface area (TPSA) is 70.0 Å². The molecule has 6 nitrogen and oxygen atoms in total. The van der Waals surface area contributed by atoms with E-state index in [2.05, 4.69) is 9.87 Å². The molecule has 1 aromatic carbocycles. The fraction of sp³-hybridized carbons (Fsp3) is 0.250. The number of nitrogens with zero attached hydrogens (tertiary/aromatic N) is 1. The first-order valence-electron chi connectivity index (χ1n) is 5.96. The largest absolute Gasteiger partial charge is 0.491 e. The molecule has 0 atom stereocenters. The van der Waals surface area contributed by atoms with Crippen molar-refractivity contribution >= 4 is 23.9 Å². The van der Waals surface area contributed by atoms with Gasteiger partial charge in [-0.3, -0.25) is 0 Å². The number of benzene rings is 1. The highest BCUT2D eigenvalue weighted by Gasteiger charge is 2.27. The predicted octanol–water partition coefficient (Wildman–Crippen LogP) is 1.23. The van der Waals surface area contributed by atoms with Crippen molar-refractivity contribution < 1.29 is 24.2 Å². The van der Waals surface area contributed by atoms with Crippen molar-refractivity contribution in [2.24, 2.45) is 0 Å². The van der Waals surface area contributed by atoms with Crippen LogP contribution in [0.25, 0.3) is 0 Å². The maximum Gasteiger partial charge on any atom is 0.491 e. The molecule has 1 aromatic heterocycles. The lowest BCUT2D eigenvalue weighted by molar-refractivity contribution is -0.282. The molecule has 0 bridgehead atoms. The third-order valence-corrected chi connectivity index (χ3v) is 3.61. The third kappa shape index (κ3) is 2.84. The molecule has 1 N–H and O–H groups in total. The molecular weight excluding hydrogens is 281 g/mol. The average molecular weight is 293 g/mol. The Hall–Kier alpha value is -1.45. The lowest BCUT2D eigenvalue weighted by atomic mass is 9.79. The molecule has 0 saturated heterocycles. The Morgan fingerprint density at radius 2 is 2.40 bits per heavy atom. The molecule has 0 spiro atoms. The minimum atomic E-state index is -0.879. The monoisotopic (exact) mass is 293 g/mol. The van der Waals surface area contributed by atoms with Crippen molar-refractivity contribution in [3.05, 3.63) is 34.8 Å². The Kier molecular flexibility index (Phi) is 3.99. The number of ether oxygens (including phenoxy) is 1. The van der Waals surface area contributed by atoms with Gasteiger partial charge in [0.2, 0.25) is 0 Å². The summed E-state index contributed by atoms with van der Waals surface area (Å²) in [5, 5.41) is 12.0. The molecule has 1 aliphatic rings. The minimum Gasteiger partial charge on any atom is -0.431 e. The lowest BCUT2D eigenvalue weighted by Crippen LogP contribution is -2.27. The van der Waals surface area contributed by atoms with Crippen LogP contribution in [0.5, 0.6) is 10.9 Å². The number of thiazole rings is 1. The maximum absolute atomic E-state index is 9.65. The first-order valence-corrected chi connectivity index (χ1v) is 6.84. The predicted molar refractivity (Wildman–Crippen MR) is 72.8 cm³/mol. The highest BCUT2D eigenvalue weighted by Crippen LogP contribution is 2.26. The van der Waals surface area contributed by atoms with Gasteiger partial charge in [0.15, 0.2) is 0 Å². The van der Waals surface area contributed by atoms with Gasteiger partial charge in [0.25, 0.3) is 5.19 Å². The fourth-order valence-electron chi connectivity index (χ4n) is 1.88. The molecule has 2 heterocycles. The summed E-state index contributed by atoms with van der Waals surface area (Å²) in [5.41, 5.74) is 2.44. The number of hydrogen-bond acceptors (Lipinski definition) is 7. The first-order chi connectivity index (χ1) is 9.76. The molecule has 3 rings (SSSR count). The summed E-state index contributed by atoms with van der Waals surface area (Å²) in [4.78, 5) is 13.6. The van der Waals surface area contributed by atoms with E-state index in [0.717, 1.165) is 16.7 Å². The highest BCUT2D eigenvalue weighted by molar-refractivity contribution is 7.11. The van der Waals surface area contributed by atoms with Gasteiger partial charge in [-0.15, -0.1) is 0 Å². The standard InChI is InChI=1S/C12H12BNO5S/c1-16-18-6-9-7-20-12(14-9)19-10-3-2-8-5-17-13(15)11(8)4-10/h2-4,7,15H,5-6H2,1H3. The zero-order chi connectivity index (χ0) is 13.9. The second-order valence-corrected chi connectivity index (χ2v) is 4.98. The molecule has 0 unspecified atom stereocenters. The summed E-state index contributed by atoms with van der Waals surface area (Å²) in [6, 6.07) is 5.47. The molecule has 104 valence electrons. The minimum absolute atomic E-state index is 0.271. The Labute approximate surface area is 120 Å². The number of aromatic nitrogens is 1. The normalized spacial score (nSPS) is 13.6. The van der Waals surface area contributed by atoms with Gasteiger partial charge in [-0.25, -0.2) is 14.8 Å². The van der Waals surface area contributed by atoms with E-state index in [-0.39, 0.29) is 6.61 Å². The van der Waals surface area contributed by atoms with Crippen molar-refractivity contribution in [3.63, 3.8) is 0 Å². The van der Waals surface area contributed by atoms with Crippen LogP contribution < -0.4 is 10.2 Å². The van der Waals surface area contributed by atoms with E-state index < -0.39 is 7.12 Å². The van der Waals surface area contributed by atoms with E-state index in [9.17, 15) is 5.02 Å². The molecule has 20 heavy (non-hydrogen) atoms. The maximum atomic E-state index is 9.65. The van der Waals surface area contributed by atoms with E-state index in [1.807, 2.05) is 17.5 Å². The first kappa shape index (κ1) is 13.5. The lowest BCUT2D eigenvalue weighted by Gasteiger charge is -2.04. The van der Waals surface area contributed by atoms with E-state index >= 15 is 0 Å². The van der Waals surface area contributed by atoms with E-state index in [0.29, 0.717) is 17.6 Å². The molecule has 1 aliphatic heterocycles. The summed E-state index contributed by atoms with van der Waals surface area (Å²) < 4.78 is 10.8. The molecule has 0 saturated carbocycles. The second-order valence-electron chi connectivity index (χ2n) is 4.16. The van der Waals surface area contributed by atoms with Crippen LogP contribution in [0.4, 0.5) is 0 Å². The Bertz CT molecular complexity index is 605. The second kappa shape index (κ2) is 5.90. The molecule has 8 heteroatoms. The van der Waals surface area contributed by atoms with Gasteiger partial charge in [-0.2, -0.15) is 0 Å². The van der Waals surface area contributed by atoms with Gasteiger partial charge in [-0.1, -0.05) is 17.4 Å². The van der Waals surface area contributed by atoms with Gasteiger partial charge in [0.05, 0.1) is 19.4 Å². The molecular formula is C12H12BNO5S. The van der Waals surface area contributed by atoms with Crippen molar-refractivity contribution in [3.8, 4) is 10.9 Å². The van der Waals surface area contributed by atoms with Gasteiger partial charge < -0.3 is 14.4 Å². The molecule has 0 radical (unpaired) electrons. The van der Waals surface area contributed by atoms with E-state index in [4.69, 9.17) is 14.3 Å². The Morgan fingerprint density at radius 3 is 3.25 bits per heavy atom.